The van der Waals surface area contributed by atoms with Gasteiger partial charge in [0.05, 0.1) is 7.11 Å². The molecule has 0 aliphatic carbocycles. The van der Waals surface area contributed by atoms with Gasteiger partial charge in [-0.05, 0) is 0 Å². The van der Waals surface area contributed by atoms with Crippen LogP contribution in [0.4, 0.5) is 13.2 Å². The van der Waals surface area contributed by atoms with Gasteiger partial charge in [0.2, 0.25) is 0 Å². The third-order valence-electron chi connectivity index (χ3n) is 1.03. The van der Waals surface area contributed by atoms with E-state index < -0.39 is 17.0 Å². The maximum Gasteiger partial charge on any atom is 0.457 e. The highest BCUT2D eigenvalue weighted by Crippen LogP contribution is 2.25. The number of methoxy groups -OCH3 is 1. The first-order valence-electron chi connectivity index (χ1n) is 2.94. The highest BCUT2D eigenvalue weighted by Gasteiger charge is 2.41. The van der Waals surface area contributed by atoms with Crippen LogP contribution < -0.4 is 4.74 Å². The molecule has 0 saturated heterocycles. The van der Waals surface area contributed by atoms with Crippen molar-refractivity contribution in [3.63, 3.8) is 0 Å². The van der Waals surface area contributed by atoms with Crippen LogP contribution in [-0.2, 0) is 0 Å². The molecule has 0 radical (unpaired) electrons. The van der Waals surface area contributed by atoms with Crippen LogP contribution >= 0.6 is 11.3 Å². The number of Topliss-reactive ketones (excluding diaryl/α,β-unsaturated/α-hetero) is 1. The van der Waals surface area contributed by atoms with E-state index in [1.165, 1.54) is 7.11 Å². The normalized spacial score (nSPS) is 11.4. The molecule has 0 aromatic carbocycles. The first-order chi connectivity index (χ1) is 5.95. The van der Waals surface area contributed by atoms with Crippen molar-refractivity contribution in [2.75, 3.05) is 7.11 Å². The van der Waals surface area contributed by atoms with Crippen molar-refractivity contribution >= 4 is 17.1 Å². The Hall–Kier alpha value is -1.18. The number of carbonyl (C=O) groups excluding carboxylic acids is 1. The third kappa shape index (κ3) is 2.14. The maximum absolute atomic E-state index is 11.8. The van der Waals surface area contributed by atoms with Crippen molar-refractivity contribution < 1.29 is 22.7 Å². The molecule has 4 nitrogen and oxygen atoms in total. The molecular formula is C5H3F3N2O2S. The third-order valence-corrected chi connectivity index (χ3v) is 1.92. The molecule has 0 amide bonds. The summed E-state index contributed by atoms with van der Waals surface area (Å²) in [5.74, 6) is -2.01. The summed E-state index contributed by atoms with van der Waals surface area (Å²) in [7, 11) is 1.22. The van der Waals surface area contributed by atoms with Gasteiger partial charge in [-0.3, -0.25) is 4.79 Å². The SMILES string of the molecule is COc1nnc(C(=O)C(F)(F)F)s1. The number of ether oxygens (including phenoxy) is 1. The number of nitrogens with zero attached hydrogens (tertiary/aromatic N) is 2. The summed E-state index contributed by atoms with van der Waals surface area (Å²) in [6.45, 7) is 0. The van der Waals surface area contributed by atoms with E-state index in [0.29, 0.717) is 11.3 Å². The summed E-state index contributed by atoms with van der Waals surface area (Å²) in [6.07, 6.45) is -4.91. The fourth-order valence-electron chi connectivity index (χ4n) is 0.505. The molecule has 1 aromatic heterocycles. The number of alkyl halides is 3. The average Bonchev–Trinajstić information content (AvgIpc) is 2.48. The summed E-state index contributed by atoms with van der Waals surface area (Å²) in [5, 5.41) is 5.43. The lowest BCUT2D eigenvalue weighted by Gasteiger charge is -1.99. The van der Waals surface area contributed by atoms with Gasteiger partial charge in [0.1, 0.15) is 0 Å². The van der Waals surface area contributed by atoms with E-state index in [4.69, 9.17) is 0 Å². The van der Waals surface area contributed by atoms with Gasteiger partial charge in [0.25, 0.3) is 11.0 Å². The van der Waals surface area contributed by atoms with Crippen LogP contribution in [0.2, 0.25) is 0 Å². The van der Waals surface area contributed by atoms with Crippen molar-refractivity contribution in [2.24, 2.45) is 0 Å². The lowest BCUT2D eigenvalue weighted by atomic mass is 10.4. The van der Waals surface area contributed by atoms with Crippen LogP contribution in [0.15, 0.2) is 0 Å². The van der Waals surface area contributed by atoms with E-state index in [1.807, 2.05) is 0 Å². The topological polar surface area (TPSA) is 52.1 Å². The Morgan fingerprint density at radius 1 is 1.46 bits per heavy atom. The Labute approximate surface area is 74.3 Å². The van der Waals surface area contributed by atoms with E-state index in [9.17, 15) is 18.0 Å². The van der Waals surface area contributed by atoms with Crippen molar-refractivity contribution in [3.8, 4) is 5.19 Å². The number of aromatic nitrogens is 2. The minimum absolute atomic E-state index is 0.0763. The van der Waals surface area contributed by atoms with Crippen LogP contribution in [0.5, 0.6) is 5.19 Å². The Bertz CT molecular complexity index is 322. The van der Waals surface area contributed by atoms with Gasteiger partial charge in [-0.2, -0.15) is 13.2 Å². The minimum Gasteiger partial charge on any atom is -0.472 e. The smallest absolute Gasteiger partial charge is 0.457 e. The van der Waals surface area contributed by atoms with Crippen LogP contribution in [0, 0.1) is 0 Å². The molecule has 8 heteroatoms. The Morgan fingerprint density at radius 2 is 2.08 bits per heavy atom. The van der Waals surface area contributed by atoms with Crippen molar-refractivity contribution in [1.29, 1.82) is 0 Å². The summed E-state index contributed by atoms with van der Waals surface area (Å²) >= 11 is 0.454. The van der Waals surface area contributed by atoms with Crippen molar-refractivity contribution in [3.05, 3.63) is 5.01 Å². The first kappa shape index (κ1) is 9.90. The molecule has 13 heavy (non-hydrogen) atoms. The van der Waals surface area contributed by atoms with Crippen molar-refractivity contribution in [1.82, 2.24) is 10.2 Å². The molecular weight excluding hydrogens is 209 g/mol. The monoisotopic (exact) mass is 212 g/mol. The lowest BCUT2D eigenvalue weighted by Crippen LogP contribution is -2.22. The summed E-state index contributed by atoms with van der Waals surface area (Å²) in [4.78, 5) is 10.5. The highest BCUT2D eigenvalue weighted by molar-refractivity contribution is 7.15. The predicted octanol–water partition coefficient (Wildman–Crippen LogP) is 1.29. The van der Waals surface area contributed by atoms with Crippen LogP contribution in [0.1, 0.15) is 9.80 Å². The molecule has 0 fully saturated rings. The summed E-state index contributed by atoms with van der Waals surface area (Å²) in [6, 6.07) is 0. The second-order valence-electron chi connectivity index (χ2n) is 1.90. The molecule has 0 aliphatic rings. The molecule has 0 unspecified atom stereocenters. The molecule has 0 bridgehead atoms. The Balaban J connectivity index is 2.90. The molecule has 0 aliphatic heterocycles. The fourth-order valence-corrected chi connectivity index (χ4v) is 1.13. The quantitative estimate of drug-likeness (QED) is 0.693. The van der Waals surface area contributed by atoms with E-state index in [-0.39, 0.29) is 5.19 Å². The molecule has 0 atom stereocenters. The second-order valence-corrected chi connectivity index (χ2v) is 2.84. The zero-order chi connectivity index (χ0) is 10.1. The average molecular weight is 212 g/mol. The zero-order valence-corrected chi connectivity index (χ0v) is 7.07. The molecule has 1 aromatic rings. The highest BCUT2D eigenvalue weighted by atomic mass is 32.1. The van der Waals surface area contributed by atoms with Crippen LogP contribution in [-0.4, -0.2) is 29.3 Å². The van der Waals surface area contributed by atoms with E-state index in [2.05, 4.69) is 14.9 Å². The number of rotatable bonds is 2. The van der Waals surface area contributed by atoms with Gasteiger partial charge in [0.15, 0.2) is 5.01 Å². The van der Waals surface area contributed by atoms with Gasteiger partial charge in [-0.1, -0.05) is 16.4 Å². The zero-order valence-electron chi connectivity index (χ0n) is 6.25. The molecule has 0 N–H and O–H groups in total. The van der Waals surface area contributed by atoms with E-state index in [0.717, 1.165) is 0 Å². The van der Waals surface area contributed by atoms with Crippen LogP contribution in [0.3, 0.4) is 0 Å². The second kappa shape index (κ2) is 3.29. The number of ketones is 1. The summed E-state index contributed by atoms with van der Waals surface area (Å²) in [5.41, 5.74) is 0. The van der Waals surface area contributed by atoms with E-state index >= 15 is 0 Å². The molecule has 0 spiro atoms. The van der Waals surface area contributed by atoms with Gasteiger partial charge in [0, 0.05) is 0 Å². The van der Waals surface area contributed by atoms with Crippen LogP contribution in [0.25, 0.3) is 0 Å². The lowest BCUT2D eigenvalue weighted by molar-refractivity contribution is -0.0885. The fraction of sp³-hybridized carbons (Fsp3) is 0.400. The molecule has 1 rings (SSSR count). The number of carbonyl (C=O) groups is 1. The minimum atomic E-state index is -4.91. The predicted molar refractivity (Wildman–Crippen MR) is 36.8 cm³/mol. The standard InChI is InChI=1S/C5H3F3N2O2S/c1-12-4-10-9-3(13-4)2(11)5(6,7)8/h1H3. The number of hydrogen-bond acceptors (Lipinski definition) is 5. The maximum atomic E-state index is 11.8. The molecule has 1 heterocycles. The van der Waals surface area contributed by atoms with Crippen molar-refractivity contribution in [2.45, 2.75) is 6.18 Å². The number of halogens is 3. The Kier molecular flexibility index (Phi) is 2.50. The Morgan fingerprint density at radius 3 is 2.46 bits per heavy atom. The number of hydrogen-bond donors (Lipinski definition) is 0. The molecule has 72 valence electrons. The van der Waals surface area contributed by atoms with Gasteiger partial charge < -0.3 is 4.74 Å². The largest absolute Gasteiger partial charge is 0.472 e. The first-order valence-corrected chi connectivity index (χ1v) is 3.76. The van der Waals surface area contributed by atoms with Gasteiger partial charge in [-0.25, -0.2) is 0 Å². The van der Waals surface area contributed by atoms with Gasteiger partial charge >= 0.3 is 6.18 Å². The van der Waals surface area contributed by atoms with E-state index in [1.54, 1.807) is 0 Å². The van der Waals surface area contributed by atoms with Gasteiger partial charge in [-0.15, -0.1) is 5.10 Å². The molecule has 0 saturated carbocycles. The summed E-state index contributed by atoms with van der Waals surface area (Å²) < 4.78 is 39.9.